The van der Waals surface area contributed by atoms with Crippen molar-refractivity contribution in [3.63, 3.8) is 0 Å². The highest BCUT2D eigenvalue weighted by atomic mass is 16.4. The summed E-state index contributed by atoms with van der Waals surface area (Å²) in [5.41, 5.74) is 12.9. The van der Waals surface area contributed by atoms with Crippen molar-refractivity contribution in [3.8, 4) is 0 Å². The van der Waals surface area contributed by atoms with Gasteiger partial charge >= 0.3 is 11.9 Å². The number of carbonyl (C=O) groups excluding carboxylic acids is 13. The van der Waals surface area contributed by atoms with Crippen LogP contribution in [0, 0.1) is 17.8 Å². The second-order valence-electron chi connectivity index (χ2n) is 30.0. The van der Waals surface area contributed by atoms with Crippen molar-refractivity contribution in [2.75, 3.05) is 13.2 Å². The van der Waals surface area contributed by atoms with Crippen LogP contribution in [-0.2, 0) is 84.8 Å². The van der Waals surface area contributed by atoms with E-state index in [0.29, 0.717) is 56.2 Å². The lowest BCUT2D eigenvalue weighted by Crippen LogP contribution is -2.62. The molecule has 1 saturated heterocycles. The largest absolute Gasteiger partial charge is 0.480 e. The summed E-state index contributed by atoms with van der Waals surface area (Å²) < 4.78 is 0. The molecule has 626 valence electrons. The van der Waals surface area contributed by atoms with E-state index in [4.69, 9.17) is 11.5 Å². The van der Waals surface area contributed by atoms with Gasteiger partial charge < -0.3 is 100 Å². The molecule has 113 heavy (non-hydrogen) atoms. The standard InChI is InChI=1S/C79H120N14O20/c1-9-47(6)66(75(107)92-68(49(8)96)77(109)87-56(39-46(4)5)71(103)89-59(79(112)113)41-51-43-82-53-31-26-25-30-52(51)53)90-69(101)54(35-36-62(80)97)84-74(106)61-32-27-37-93(61)65(100)34-24-19-17-15-13-11-10-12-14-16-18-23-33-64(99)83-60(44-94)73(105)91-67(48(7)95)76(108)86-55(38-45(2)3)70(102)85-57(42-63(81)98)72(104)88-58(78(110)111)40-50-28-21-20-22-29-50/h10-11,20-22,25-26,28-31,43,45-49,54-61,66-68,82,94-96H,9,12-19,23-24,27,32-42,44H2,1-8H3,(H2,80,97)(H2,81,98)(H,83,99)(H,84,106)(H,85,102)(H,86,108)(H,87,109)(H,88,104)(H,89,103)(H,90,101)(H,91,105)(H,92,107)(H,110,111)(H,112,113)/b11-10+/t47-,48-,49+,54-,55+,56-,57+,58+,59-,60+,61-,66-,67+,68-/m0/s1. The maximum absolute atomic E-state index is 14.2. The molecule has 0 unspecified atom stereocenters. The first-order chi connectivity index (χ1) is 53.5. The van der Waals surface area contributed by atoms with Crippen molar-refractivity contribution in [1.29, 1.82) is 0 Å². The van der Waals surface area contributed by atoms with Gasteiger partial charge in [-0.15, -0.1) is 0 Å². The number of primary amides is 2. The van der Waals surface area contributed by atoms with Crippen LogP contribution in [0.4, 0.5) is 0 Å². The number of aromatic nitrogens is 1. The fourth-order valence-electron chi connectivity index (χ4n) is 13.0. The highest BCUT2D eigenvalue weighted by molar-refractivity contribution is 6.00. The number of carboxylic acids is 2. The Labute approximate surface area is 659 Å². The summed E-state index contributed by atoms with van der Waals surface area (Å²) in [5, 5.41) is 77.2. The summed E-state index contributed by atoms with van der Waals surface area (Å²) in [4.78, 5) is 204. The number of aliphatic hydroxyl groups is 3. The maximum Gasteiger partial charge on any atom is 0.326 e. The molecule has 3 aromatic rings. The van der Waals surface area contributed by atoms with Gasteiger partial charge in [0.05, 0.1) is 25.2 Å². The number of unbranched alkanes of at least 4 members (excludes halogenated alkanes) is 8. The number of para-hydroxylation sites is 1. The van der Waals surface area contributed by atoms with Crippen molar-refractivity contribution >= 4 is 99.6 Å². The third-order valence-electron chi connectivity index (χ3n) is 19.5. The molecule has 1 aromatic heterocycles. The smallest absolute Gasteiger partial charge is 0.326 e. The number of H-pyrrole nitrogens is 1. The summed E-state index contributed by atoms with van der Waals surface area (Å²) in [5.74, 6) is -14.6. The zero-order valence-electron chi connectivity index (χ0n) is 66.1. The molecule has 20 N–H and O–H groups in total. The van der Waals surface area contributed by atoms with Crippen LogP contribution in [0.25, 0.3) is 10.9 Å². The lowest BCUT2D eigenvalue weighted by molar-refractivity contribution is -0.143. The predicted molar refractivity (Wildman–Crippen MR) is 417 cm³/mol. The van der Waals surface area contributed by atoms with Crippen LogP contribution in [0.5, 0.6) is 0 Å². The molecule has 1 fully saturated rings. The van der Waals surface area contributed by atoms with Crippen LogP contribution in [0.15, 0.2) is 72.9 Å². The summed E-state index contributed by atoms with van der Waals surface area (Å²) in [7, 11) is 0. The normalized spacial score (nSPS) is 16.3. The Bertz CT molecular complexity index is 3700. The van der Waals surface area contributed by atoms with E-state index in [1.54, 1.807) is 84.1 Å². The van der Waals surface area contributed by atoms with Crippen molar-refractivity contribution in [1.82, 2.24) is 63.1 Å². The number of rotatable bonds is 53. The van der Waals surface area contributed by atoms with Crippen molar-refractivity contribution < 1.29 is 97.5 Å². The molecular formula is C79H120N14O20. The second kappa shape index (κ2) is 49.2. The minimum Gasteiger partial charge on any atom is -0.480 e. The molecule has 1 aliphatic heterocycles. The van der Waals surface area contributed by atoms with E-state index in [9.17, 15) is 97.5 Å². The third kappa shape index (κ3) is 33.5. The van der Waals surface area contributed by atoms with E-state index in [1.165, 1.54) is 18.7 Å². The lowest BCUT2D eigenvalue weighted by Gasteiger charge is -2.30. The number of nitrogens with two attached hydrogens (primary N) is 2. The van der Waals surface area contributed by atoms with Gasteiger partial charge in [-0.25, -0.2) is 9.59 Å². The van der Waals surface area contributed by atoms with Crippen LogP contribution >= 0.6 is 0 Å². The molecule has 34 nitrogen and oxygen atoms in total. The Morgan fingerprint density at radius 2 is 0.973 bits per heavy atom. The lowest BCUT2D eigenvalue weighted by atomic mass is 9.96. The fourth-order valence-corrected chi connectivity index (χ4v) is 13.0. The van der Waals surface area contributed by atoms with E-state index in [-0.39, 0.29) is 69.1 Å². The number of carbonyl (C=O) groups is 15. The molecule has 14 atom stereocenters. The summed E-state index contributed by atoms with van der Waals surface area (Å²) in [6, 6.07) is -0.192. The molecule has 34 heteroatoms. The second-order valence-corrected chi connectivity index (χ2v) is 30.0. The number of hydrogen-bond acceptors (Lipinski definition) is 18. The Morgan fingerprint density at radius 3 is 1.50 bits per heavy atom. The number of aromatic amines is 1. The Balaban J connectivity index is 1.19. The molecular weight excluding hydrogens is 1460 g/mol. The molecule has 0 bridgehead atoms. The van der Waals surface area contributed by atoms with E-state index in [1.807, 2.05) is 18.2 Å². The zero-order chi connectivity index (χ0) is 84.0. The first-order valence-corrected chi connectivity index (χ1v) is 39.1. The quantitative estimate of drug-likeness (QED) is 0.0279. The van der Waals surface area contributed by atoms with Gasteiger partial charge in [-0.05, 0) is 119 Å². The zero-order valence-corrected chi connectivity index (χ0v) is 66.1. The Morgan fingerprint density at radius 1 is 0.504 bits per heavy atom. The van der Waals surface area contributed by atoms with Crippen molar-refractivity contribution in [3.05, 3.63) is 84.1 Å². The molecule has 4 rings (SSSR count). The average Bonchev–Trinajstić information content (AvgIpc) is 1.78. The van der Waals surface area contributed by atoms with Crippen LogP contribution < -0.4 is 64.6 Å². The van der Waals surface area contributed by atoms with Crippen LogP contribution in [-0.4, -0.2) is 216 Å². The molecule has 1 aliphatic rings. The van der Waals surface area contributed by atoms with Gasteiger partial charge in [0.2, 0.25) is 76.8 Å². The van der Waals surface area contributed by atoms with E-state index >= 15 is 0 Å². The molecule has 13 amide bonds. The predicted octanol–water partition coefficient (Wildman–Crippen LogP) is 1.23. The van der Waals surface area contributed by atoms with Gasteiger partial charge in [-0.1, -0.05) is 134 Å². The topological polar surface area (TPSA) is 549 Å². The van der Waals surface area contributed by atoms with E-state index in [0.717, 1.165) is 55.8 Å². The van der Waals surface area contributed by atoms with Crippen LogP contribution in [0.2, 0.25) is 0 Å². The highest BCUT2D eigenvalue weighted by Gasteiger charge is 2.40. The van der Waals surface area contributed by atoms with Gasteiger partial charge in [0, 0.05) is 55.7 Å². The average molecular weight is 1590 g/mol. The number of benzene rings is 2. The molecule has 0 saturated carbocycles. The molecule has 2 heterocycles. The number of nitrogens with one attached hydrogen (secondary N) is 11. The summed E-state index contributed by atoms with van der Waals surface area (Å²) in [6.45, 7) is 12.3. The minimum absolute atomic E-state index is 0.0146. The number of nitrogens with zero attached hydrogens (tertiary/aromatic N) is 1. The van der Waals surface area contributed by atoms with E-state index < -0.39 is 180 Å². The van der Waals surface area contributed by atoms with Gasteiger partial charge in [-0.2, -0.15) is 0 Å². The molecule has 0 spiro atoms. The summed E-state index contributed by atoms with van der Waals surface area (Å²) >= 11 is 0. The van der Waals surface area contributed by atoms with Crippen LogP contribution in [0.3, 0.4) is 0 Å². The number of amides is 13. The van der Waals surface area contributed by atoms with Crippen LogP contribution in [0.1, 0.15) is 195 Å². The van der Waals surface area contributed by atoms with Crippen molar-refractivity contribution in [2.45, 2.75) is 275 Å². The Kier molecular flexibility index (Phi) is 41.4. The number of carboxylic acid groups (broad SMARTS) is 2. The first-order valence-electron chi connectivity index (χ1n) is 39.1. The first kappa shape index (κ1) is 95.0. The van der Waals surface area contributed by atoms with E-state index in [2.05, 4.69) is 70.3 Å². The Hall–Kier alpha value is -10.4. The van der Waals surface area contributed by atoms with Crippen molar-refractivity contribution in [2.24, 2.45) is 29.2 Å². The number of likely N-dealkylation sites (tertiary alicyclic amines) is 1. The highest BCUT2D eigenvalue weighted by Crippen LogP contribution is 2.23. The number of allylic oxidation sites excluding steroid dienone is 2. The number of hydrogen-bond donors (Lipinski definition) is 18. The summed E-state index contributed by atoms with van der Waals surface area (Å²) in [6.07, 6.45) is 9.84. The fraction of sp³-hybridized carbons (Fsp3) is 0.608. The monoisotopic (exact) mass is 1580 g/mol. The third-order valence-corrected chi connectivity index (χ3v) is 19.5. The SMILES string of the molecule is CC[C@H](C)[C@H](NC(=O)[C@H](CCC(N)=O)NC(=O)[C@@H]1CCCN1C(=O)CCCCCC/C=C/CCCCCCC(=O)N[C@H](CO)C(=O)N[C@@H](C(=O)N[C@H](CC(C)C)C(=O)N[C@H](CC(N)=O)C(=O)N[C@H](Cc1ccccc1)C(=O)O)[C@H](C)O)C(=O)N[C@H](C(=O)N[C@@H](CC(C)C)C(=O)N[C@@H](Cc1c[nH]c2ccccc12)C(=O)O)[C@@H](C)O. The minimum atomic E-state index is -1.71. The molecule has 2 aromatic carbocycles. The van der Waals surface area contributed by atoms with Gasteiger partial charge in [-0.3, -0.25) is 62.3 Å². The number of aliphatic hydroxyl groups excluding tert-OH is 3. The van der Waals surface area contributed by atoms with Gasteiger partial charge in [0.1, 0.15) is 66.5 Å². The molecule has 0 radical (unpaired) electrons. The molecule has 0 aliphatic carbocycles. The number of aliphatic carboxylic acids is 2. The number of fused-ring (bicyclic) bond motifs is 1. The van der Waals surface area contributed by atoms with Gasteiger partial charge in [0.15, 0.2) is 0 Å². The maximum atomic E-state index is 14.2. The van der Waals surface area contributed by atoms with Gasteiger partial charge in [0.25, 0.3) is 0 Å².